The van der Waals surface area contributed by atoms with Gasteiger partial charge in [0.25, 0.3) is 0 Å². The first-order chi connectivity index (χ1) is 7.75. The highest BCUT2D eigenvalue weighted by Crippen LogP contribution is 2.19. The van der Waals surface area contributed by atoms with Gasteiger partial charge in [0.05, 0.1) is 4.47 Å². The Balaban J connectivity index is 1.85. The highest BCUT2D eigenvalue weighted by Gasteiger charge is 2.17. The van der Waals surface area contributed by atoms with Crippen LogP contribution in [0.15, 0.2) is 17.0 Å². The van der Waals surface area contributed by atoms with Crippen LogP contribution in [0.25, 0.3) is 0 Å². The van der Waals surface area contributed by atoms with E-state index in [1.165, 1.54) is 25.9 Å². The summed E-state index contributed by atoms with van der Waals surface area (Å²) in [5.74, 6) is 1.61. The average Bonchev–Trinajstić information content (AvgIpc) is 2.28. The molecule has 5 heteroatoms. The van der Waals surface area contributed by atoms with Crippen LogP contribution in [-0.2, 0) is 0 Å². The molecule has 0 spiro atoms. The zero-order chi connectivity index (χ0) is 11.4. The Labute approximate surface area is 105 Å². The van der Waals surface area contributed by atoms with Crippen molar-refractivity contribution < 1.29 is 0 Å². The van der Waals surface area contributed by atoms with Gasteiger partial charge in [0.15, 0.2) is 0 Å². The van der Waals surface area contributed by atoms with Crippen LogP contribution in [0.1, 0.15) is 12.8 Å². The van der Waals surface area contributed by atoms with E-state index in [1.807, 2.05) is 0 Å². The fourth-order valence-corrected chi connectivity index (χ4v) is 2.48. The Bertz CT molecular complexity index is 345. The van der Waals surface area contributed by atoms with Gasteiger partial charge in [-0.3, -0.25) is 0 Å². The van der Waals surface area contributed by atoms with Crippen molar-refractivity contribution in [2.45, 2.75) is 12.8 Å². The number of likely N-dealkylation sites (tertiary alicyclic amines) is 1. The Kier molecular flexibility index (Phi) is 4.12. The molecule has 0 radical (unpaired) electrons. The number of hydrogen-bond acceptors (Lipinski definition) is 4. The molecule has 1 aliphatic heterocycles. The largest absolute Gasteiger partial charge is 0.369 e. The van der Waals surface area contributed by atoms with Crippen LogP contribution in [0, 0.1) is 5.92 Å². The molecule has 1 N–H and O–H groups in total. The molecular formula is C11H17BrN4. The van der Waals surface area contributed by atoms with Gasteiger partial charge in [-0.05, 0) is 48.3 Å². The number of aromatic nitrogens is 2. The second-order valence-electron chi connectivity index (χ2n) is 4.37. The molecule has 16 heavy (non-hydrogen) atoms. The summed E-state index contributed by atoms with van der Waals surface area (Å²) < 4.78 is 0.930. The maximum atomic E-state index is 4.20. The molecule has 1 aromatic rings. The highest BCUT2D eigenvalue weighted by atomic mass is 79.9. The molecule has 0 saturated carbocycles. The predicted molar refractivity (Wildman–Crippen MR) is 68.4 cm³/mol. The van der Waals surface area contributed by atoms with E-state index in [0.717, 1.165) is 22.8 Å². The molecule has 1 aliphatic rings. The van der Waals surface area contributed by atoms with Crippen molar-refractivity contribution >= 4 is 21.7 Å². The summed E-state index contributed by atoms with van der Waals surface area (Å²) >= 11 is 3.44. The van der Waals surface area contributed by atoms with E-state index in [4.69, 9.17) is 0 Å². The van der Waals surface area contributed by atoms with Crippen LogP contribution < -0.4 is 5.32 Å². The maximum absolute atomic E-state index is 4.20. The first-order valence-corrected chi connectivity index (χ1v) is 6.43. The second kappa shape index (κ2) is 5.59. The minimum Gasteiger partial charge on any atom is -0.369 e. The van der Waals surface area contributed by atoms with E-state index >= 15 is 0 Å². The van der Waals surface area contributed by atoms with Crippen LogP contribution in [-0.4, -0.2) is 41.5 Å². The molecule has 0 aromatic carbocycles. The van der Waals surface area contributed by atoms with Crippen molar-refractivity contribution in [2.75, 3.05) is 32.0 Å². The normalized spacial score (nSPS) is 22.0. The first kappa shape index (κ1) is 11.8. The number of piperidine rings is 1. The van der Waals surface area contributed by atoms with Crippen molar-refractivity contribution in [1.29, 1.82) is 0 Å². The third kappa shape index (κ3) is 3.15. The molecule has 0 amide bonds. The predicted octanol–water partition coefficient (Wildman–Crippen LogP) is 1.99. The number of rotatable bonds is 3. The second-order valence-corrected chi connectivity index (χ2v) is 5.23. The molecule has 1 atom stereocenters. The Hall–Kier alpha value is -0.680. The lowest BCUT2D eigenvalue weighted by molar-refractivity contribution is 0.217. The zero-order valence-electron chi connectivity index (χ0n) is 9.49. The number of hydrogen-bond donors (Lipinski definition) is 1. The molecule has 0 aliphatic carbocycles. The van der Waals surface area contributed by atoms with Gasteiger partial charge in [-0.25, -0.2) is 9.97 Å². The summed E-state index contributed by atoms with van der Waals surface area (Å²) in [7, 11) is 2.19. The van der Waals surface area contributed by atoms with Crippen LogP contribution >= 0.6 is 15.9 Å². The Morgan fingerprint density at radius 2 is 2.50 bits per heavy atom. The van der Waals surface area contributed by atoms with Crippen LogP contribution in [0.2, 0.25) is 0 Å². The van der Waals surface area contributed by atoms with Crippen molar-refractivity contribution in [3.8, 4) is 0 Å². The average molecular weight is 285 g/mol. The fraction of sp³-hybridized carbons (Fsp3) is 0.636. The third-order valence-electron chi connectivity index (χ3n) is 2.95. The van der Waals surface area contributed by atoms with Crippen molar-refractivity contribution in [3.63, 3.8) is 0 Å². The molecule has 1 fully saturated rings. The first-order valence-electron chi connectivity index (χ1n) is 5.63. The molecule has 2 heterocycles. The van der Waals surface area contributed by atoms with E-state index in [-0.39, 0.29) is 0 Å². The number of halogens is 1. The van der Waals surface area contributed by atoms with Gasteiger partial charge in [-0.2, -0.15) is 0 Å². The standard InChI is InChI=1S/C11H17BrN4/c1-16-4-2-3-9(7-16)5-14-11-10(12)6-13-8-15-11/h6,8-9H,2-5,7H2,1H3,(H,13,14,15). The van der Waals surface area contributed by atoms with Crippen LogP contribution in [0.4, 0.5) is 5.82 Å². The summed E-state index contributed by atoms with van der Waals surface area (Å²) in [6.07, 6.45) is 5.94. The fourth-order valence-electron chi connectivity index (χ4n) is 2.12. The van der Waals surface area contributed by atoms with E-state index in [1.54, 1.807) is 12.5 Å². The van der Waals surface area contributed by atoms with E-state index < -0.39 is 0 Å². The van der Waals surface area contributed by atoms with Crippen molar-refractivity contribution in [3.05, 3.63) is 17.0 Å². The summed E-state index contributed by atoms with van der Waals surface area (Å²) in [6.45, 7) is 3.39. The van der Waals surface area contributed by atoms with Gasteiger partial charge in [0.1, 0.15) is 12.1 Å². The van der Waals surface area contributed by atoms with Crippen LogP contribution in [0.3, 0.4) is 0 Å². The number of nitrogens with one attached hydrogen (secondary N) is 1. The number of nitrogens with zero attached hydrogens (tertiary/aromatic N) is 3. The summed E-state index contributed by atoms with van der Waals surface area (Å²) in [4.78, 5) is 10.5. The summed E-state index contributed by atoms with van der Waals surface area (Å²) in [5, 5.41) is 3.38. The Morgan fingerprint density at radius 3 is 3.25 bits per heavy atom. The molecule has 0 bridgehead atoms. The lowest BCUT2D eigenvalue weighted by Crippen LogP contribution is -2.35. The van der Waals surface area contributed by atoms with Gasteiger partial charge in [-0.1, -0.05) is 0 Å². The van der Waals surface area contributed by atoms with Gasteiger partial charge in [0.2, 0.25) is 0 Å². The minimum absolute atomic E-state index is 0.723. The topological polar surface area (TPSA) is 41.0 Å². The van der Waals surface area contributed by atoms with E-state index in [2.05, 4.69) is 43.2 Å². The quantitative estimate of drug-likeness (QED) is 0.922. The molecule has 1 saturated heterocycles. The van der Waals surface area contributed by atoms with Crippen LogP contribution in [0.5, 0.6) is 0 Å². The van der Waals surface area contributed by atoms with Gasteiger partial charge in [-0.15, -0.1) is 0 Å². The monoisotopic (exact) mass is 284 g/mol. The van der Waals surface area contributed by atoms with E-state index in [9.17, 15) is 0 Å². The van der Waals surface area contributed by atoms with Crippen molar-refractivity contribution in [2.24, 2.45) is 5.92 Å². The minimum atomic E-state index is 0.723. The highest BCUT2D eigenvalue weighted by molar-refractivity contribution is 9.10. The SMILES string of the molecule is CN1CCCC(CNc2ncncc2Br)C1. The third-order valence-corrected chi connectivity index (χ3v) is 3.53. The van der Waals surface area contributed by atoms with Crippen molar-refractivity contribution in [1.82, 2.24) is 14.9 Å². The maximum Gasteiger partial charge on any atom is 0.143 e. The molecule has 2 rings (SSSR count). The summed E-state index contributed by atoms with van der Waals surface area (Å²) in [5.41, 5.74) is 0. The smallest absolute Gasteiger partial charge is 0.143 e. The van der Waals surface area contributed by atoms with E-state index in [0.29, 0.717) is 0 Å². The number of anilines is 1. The van der Waals surface area contributed by atoms with Gasteiger partial charge in [0, 0.05) is 19.3 Å². The van der Waals surface area contributed by atoms with Gasteiger partial charge >= 0.3 is 0 Å². The summed E-state index contributed by atoms with van der Waals surface area (Å²) in [6, 6.07) is 0. The molecule has 1 unspecified atom stereocenters. The Morgan fingerprint density at radius 1 is 1.62 bits per heavy atom. The molecule has 4 nitrogen and oxygen atoms in total. The van der Waals surface area contributed by atoms with Gasteiger partial charge < -0.3 is 10.2 Å². The molecule has 88 valence electrons. The lowest BCUT2D eigenvalue weighted by atomic mass is 9.98. The molecular weight excluding hydrogens is 268 g/mol. The molecule has 1 aromatic heterocycles. The zero-order valence-corrected chi connectivity index (χ0v) is 11.1. The lowest BCUT2D eigenvalue weighted by Gasteiger charge is -2.29.